The number of anilines is 1. The van der Waals surface area contributed by atoms with Crippen molar-refractivity contribution in [3.05, 3.63) is 26.8 Å². The normalized spacial score (nSPS) is 11.5. The van der Waals surface area contributed by atoms with Crippen LogP contribution in [0.25, 0.3) is 0 Å². The Morgan fingerprint density at radius 1 is 1.60 bits per heavy atom. The first-order valence-electron chi connectivity index (χ1n) is 4.29. The Morgan fingerprint density at radius 3 is 2.93 bits per heavy atom. The minimum Gasteiger partial charge on any atom is -0.409 e. The molecule has 0 saturated carbocycles. The second-order valence-corrected chi connectivity index (χ2v) is 4.49. The summed E-state index contributed by atoms with van der Waals surface area (Å²) in [5.41, 5.74) is 6.33. The van der Waals surface area contributed by atoms with Crippen LogP contribution in [0.1, 0.15) is 6.42 Å². The minimum absolute atomic E-state index is 0.214. The number of rotatable bonds is 4. The number of nitrogens with zero attached hydrogens (tertiary/aromatic N) is 1. The highest BCUT2D eigenvalue weighted by Crippen LogP contribution is 2.21. The van der Waals surface area contributed by atoms with Crippen LogP contribution in [-0.4, -0.2) is 17.6 Å². The summed E-state index contributed by atoms with van der Waals surface area (Å²) in [4.78, 5) is 0. The Bertz CT molecular complexity index is 370. The van der Waals surface area contributed by atoms with Gasteiger partial charge in [0.1, 0.15) is 5.84 Å². The van der Waals surface area contributed by atoms with Gasteiger partial charge in [0.2, 0.25) is 0 Å². The zero-order valence-electron chi connectivity index (χ0n) is 7.87. The number of hydrogen-bond donors (Lipinski definition) is 3. The fourth-order valence-corrected chi connectivity index (χ4v) is 2.07. The molecule has 0 unspecified atom stereocenters. The van der Waals surface area contributed by atoms with Crippen LogP contribution in [0.3, 0.4) is 0 Å². The van der Waals surface area contributed by atoms with Crippen molar-refractivity contribution in [3.8, 4) is 0 Å². The molecule has 1 rings (SSSR count). The third-order valence-electron chi connectivity index (χ3n) is 1.76. The lowest BCUT2D eigenvalue weighted by atomic mass is 10.3. The molecule has 0 amide bonds. The molecule has 15 heavy (non-hydrogen) atoms. The van der Waals surface area contributed by atoms with Crippen LogP contribution in [0.5, 0.6) is 0 Å². The van der Waals surface area contributed by atoms with Crippen LogP contribution in [0.15, 0.2) is 23.4 Å². The van der Waals surface area contributed by atoms with Crippen molar-refractivity contribution in [1.29, 1.82) is 0 Å². The molecule has 1 aromatic rings. The molecule has 0 aliphatic carbocycles. The van der Waals surface area contributed by atoms with E-state index < -0.39 is 0 Å². The summed E-state index contributed by atoms with van der Waals surface area (Å²) < 4.78 is 1.04. The molecule has 0 aromatic heterocycles. The van der Waals surface area contributed by atoms with Gasteiger partial charge in [0.05, 0.1) is 0 Å². The maximum atomic E-state index is 8.34. The number of amidine groups is 1. The van der Waals surface area contributed by atoms with E-state index >= 15 is 0 Å². The maximum absolute atomic E-state index is 8.34. The predicted molar refractivity (Wildman–Crippen MR) is 70.7 cm³/mol. The zero-order valence-corrected chi connectivity index (χ0v) is 10.8. The Balaban J connectivity index is 2.51. The van der Waals surface area contributed by atoms with E-state index in [0.717, 1.165) is 9.26 Å². The van der Waals surface area contributed by atoms with Gasteiger partial charge in [0.15, 0.2) is 0 Å². The first-order valence-corrected chi connectivity index (χ1v) is 5.74. The molecule has 0 spiro atoms. The van der Waals surface area contributed by atoms with Gasteiger partial charge in [-0.2, -0.15) is 0 Å². The van der Waals surface area contributed by atoms with E-state index in [0.29, 0.717) is 18.0 Å². The fourth-order valence-electron chi connectivity index (χ4n) is 1.01. The van der Waals surface area contributed by atoms with E-state index in [4.69, 9.17) is 22.5 Å². The van der Waals surface area contributed by atoms with E-state index in [2.05, 4.69) is 33.1 Å². The predicted octanol–water partition coefficient (Wildman–Crippen LogP) is 2.49. The largest absolute Gasteiger partial charge is 0.409 e. The molecule has 4 nitrogen and oxygen atoms in total. The van der Waals surface area contributed by atoms with Crippen LogP contribution < -0.4 is 11.1 Å². The van der Waals surface area contributed by atoms with Crippen LogP contribution in [-0.2, 0) is 0 Å². The summed E-state index contributed by atoms with van der Waals surface area (Å²) in [6.45, 7) is 0.619. The summed E-state index contributed by atoms with van der Waals surface area (Å²) in [6.07, 6.45) is 0.495. The molecule has 0 radical (unpaired) electrons. The molecule has 0 heterocycles. The van der Waals surface area contributed by atoms with Crippen LogP contribution in [0.4, 0.5) is 5.69 Å². The van der Waals surface area contributed by atoms with E-state index in [9.17, 15) is 0 Å². The molecule has 4 N–H and O–H groups in total. The van der Waals surface area contributed by atoms with Gasteiger partial charge in [-0.25, -0.2) is 0 Å². The first-order chi connectivity index (χ1) is 7.13. The number of nitrogens with two attached hydrogens (primary N) is 1. The van der Waals surface area contributed by atoms with Crippen molar-refractivity contribution in [1.82, 2.24) is 0 Å². The van der Waals surface area contributed by atoms with Gasteiger partial charge in [-0.15, -0.1) is 0 Å². The lowest BCUT2D eigenvalue weighted by Crippen LogP contribution is -2.16. The summed E-state index contributed by atoms with van der Waals surface area (Å²) in [5.74, 6) is 0.214. The summed E-state index contributed by atoms with van der Waals surface area (Å²) in [6, 6.07) is 5.58. The number of oxime groups is 1. The Kier molecular flexibility index (Phi) is 4.97. The van der Waals surface area contributed by atoms with Gasteiger partial charge in [0.25, 0.3) is 0 Å². The molecule has 0 aliphatic heterocycles. The van der Waals surface area contributed by atoms with Gasteiger partial charge in [0, 0.05) is 27.2 Å². The molecule has 0 fully saturated rings. The Hall–Kier alpha value is -0.690. The van der Waals surface area contributed by atoms with Crippen LogP contribution >= 0.6 is 34.2 Å². The van der Waals surface area contributed by atoms with E-state index in [1.807, 2.05) is 18.2 Å². The van der Waals surface area contributed by atoms with Crippen molar-refractivity contribution >= 4 is 45.7 Å². The van der Waals surface area contributed by atoms with Gasteiger partial charge in [-0.1, -0.05) is 16.8 Å². The van der Waals surface area contributed by atoms with Crippen molar-refractivity contribution in [2.24, 2.45) is 10.9 Å². The summed E-state index contributed by atoms with van der Waals surface area (Å²) >= 11 is 8.01. The van der Waals surface area contributed by atoms with E-state index in [1.54, 1.807) is 0 Å². The highest BCUT2D eigenvalue weighted by atomic mass is 127. The van der Waals surface area contributed by atoms with Gasteiger partial charge < -0.3 is 16.3 Å². The average molecular weight is 340 g/mol. The second-order valence-electron chi connectivity index (χ2n) is 2.89. The van der Waals surface area contributed by atoms with Crippen molar-refractivity contribution in [2.75, 3.05) is 11.9 Å². The minimum atomic E-state index is 0.214. The molecular weight excluding hydrogens is 328 g/mol. The quantitative estimate of drug-likeness (QED) is 0.259. The van der Waals surface area contributed by atoms with E-state index in [-0.39, 0.29) is 5.84 Å². The molecule has 1 aromatic carbocycles. The molecule has 6 heteroatoms. The van der Waals surface area contributed by atoms with Gasteiger partial charge >= 0.3 is 0 Å². The number of benzene rings is 1. The van der Waals surface area contributed by atoms with Crippen molar-refractivity contribution in [3.63, 3.8) is 0 Å². The molecule has 0 bridgehead atoms. The topological polar surface area (TPSA) is 70.6 Å². The average Bonchev–Trinajstić information content (AvgIpc) is 2.21. The second kappa shape index (κ2) is 6.02. The lowest BCUT2D eigenvalue weighted by molar-refractivity contribution is 0.317. The zero-order chi connectivity index (χ0) is 11.3. The Morgan fingerprint density at radius 2 is 2.33 bits per heavy atom. The Labute approximate surface area is 107 Å². The fraction of sp³-hybridized carbons (Fsp3) is 0.222. The number of halogens is 2. The highest BCUT2D eigenvalue weighted by Gasteiger charge is 2.00. The standard InChI is InChI=1S/C9H11ClIN3O/c10-6-1-2-8(7(11)5-6)13-4-3-9(12)14-15/h1-2,5,13,15H,3-4H2,(H2,12,14). The summed E-state index contributed by atoms with van der Waals surface area (Å²) in [7, 11) is 0. The highest BCUT2D eigenvalue weighted by molar-refractivity contribution is 14.1. The van der Waals surface area contributed by atoms with Crippen molar-refractivity contribution < 1.29 is 5.21 Å². The third kappa shape index (κ3) is 4.13. The number of nitrogens with one attached hydrogen (secondary N) is 1. The molecule has 0 aliphatic rings. The van der Waals surface area contributed by atoms with Crippen molar-refractivity contribution in [2.45, 2.75) is 6.42 Å². The maximum Gasteiger partial charge on any atom is 0.140 e. The molecule has 0 atom stereocenters. The van der Waals surface area contributed by atoms with E-state index in [1.165, 1.54) is 0 Å². The SMILES string of the molecule is N/C(CCNc1ccc(Cl)cc1I)=N/O. The van der Waals surface area contributed by atoms with Gasteiger partial charge in [-0.3, -0.25) is 0 Å². The summed E-state index contributed by atoms with van der Waals surface area (Å²) in [5, 5.41) is 15.1. The van der Waals surface area contributed by atoms with Crippen LogP contribution in [0, 0.1) is 3.57 Å². The molecular formula is C9H11ClIN3O. The molecule has 0 saturated heterocycles. The lowest BCUT2D eigenvalue weighted by Gasteiger charge is -2.07. The number of hydrogen-bond acceptors (Lipinski definition) is 3. The van der Waals surface area contributed by atoms with Gasteiger partial charge in [-0.05, 0) is 40.8 Å². The van der Waals surface area contributed by atoms with Crippen LogP contribution in [0.2, 0.25) is 5.02 Å². The first kappa shape index (κ1) is 12.4. The third-order valence-corrected chi connectivity index (χ3v) is 2.88. The monoisotopic (exact) mass is 339 g/mol. The smallest absolute Gasteiger partial charge is 0.140 e. The molecule has 82 valence electrons.